The maximum Gasteiger partial charge on any atom is 0.248 e. The second-order valence-corrected chi connectivity index (χ2v) is 10.8. The largest absolute Gasteiger partial charge is 0.341 e. The van der Waals surface area contributed by atoms with Gasteiger partial charge in [0.15, 0.2) is 0 Å². The lowest BCUT2D eigenvalue weighted by Crippen LogP contribution is -2.50. The van der Waals surface area contributed by atoms with Gasteiger partial charge in [0.05, 0.1) is 4.90 Å². The number of likely N-dealkylation sites (N-methyl/N-ethyl adjacent to an activating group) is 1. The Kier molecular flexibility index (Phi) is 6.36. The van der Waals surface area contributed by atoms with E-state index in [-0.39, 0.29) is 42.5 Å². The number of benzene rings is 1. The fourth-order valence-corrected chi connectivity index (χ4v) is 7.25. The third-order valence-corrected chi connectivity index (χ3v) is 8.97. The van der Waals surface area contributed by atoms with Crippen LogP contribution in [0.5, 0.6) is 0 Å². The van der Waals surface area contributed by atoms with Crippen molar-refractivity contribution in [3.05, 3.63) is 27.3 Å². The molecule has 1 aromatic carbocycles. The molecule has 28 heavy (non-hydrogen) atoms. The van der Waals surface area contributed by atoms with Crippen LogP contribution in [0.1, 0.15) is 44.1 Å². The highest BCUT2D eigenvalue weighted by molar-refractivity contribution is 14.1. The minimum absolute atomic E-state index is 0.207. The molecule has 156 valence electrons. The Morgan fingerprint density at radius 1 is 1.25 bits per heavy atom. The molecule has 0 bridgehead atoms. The summed E-state index contributed by atoms with van der Waals surface area (Å²) in [7, 11) is -2.20. The maximum atomic E-state index is 13.4. The van der Waals surface area contributed by atoms with Crippen molar-refractivity contribution in [2.75, 3.05) is 13.6 Å². The minimum atomic E-state index is -3.80. The lowest BCUT2D eigenvalue weighted by atomic mass is 9.91. The number of halogens is 3. The van der Waals surface area contributed by atoms with E-state index in [1.165, 1.54) is 9.21 Å². The number of carbonyl (C=O) groups excluding carboxylic acids is 1. The number of sulfonamides is 1. The fraction of sp³-hybridized carbons (Fsp3) is 0.632. The molecule has 0 unspecified atom stereocenters. The monoisotopic (exact) mass is 526 g/mol. The van der Waals surface area contributed by atoms with Gasteiger partial charge in [-0.15, -0.1) is 0 Å². The van der Waals surface area contributed by atoms with Crippen LogP contribution in [0.25, 0.3) is 0 Å². The van der Waals surface area contributed by atoms with Crippen molar-refractivity contribution < 1.29 is 22.0 Å². The number of rotatable bonds is 4. The van der Waals surface area contributed by atoms with E-state index in [0.717, 1.165) is 5.56 Å². The lowest BCUT2D eigenvalue weighted by molar-refractivity contribution is -0.138. The van der Waals surface area contributed by atoms with Crippen molar-refractivity contribution in [2.45, 2.75) is 68.4 Å². The molecule has 9 heteroatoms. The van der Waals surface area contributed by atoms with Crippen LogP contribution in [0, 0.1) is 10.5 Å². The Morgan fingerprint density at radius 2 is 1.89 bits per heavy atom. The van der Waals surface area contributed by atoms with Crippen LogP contribution in [-0.2, 0) is 14.8 Å². The molecule has 0 spiro atoms. The Labute approximate surface area is 178 Å². The molecular weight excluding hydrogens is 501 g/mol. The first-order valence-corrected chi connectivity index (χ1v) is 12.0. The zero-order chi connectivity index (χ0) is 20.7. The Morgan fingerprint density at radius 3 is 2.50 bits per heavy atom. The topological polar surface area (TPSA) is 57.7 Å². The second-order valence-electron chi connectivity index (χ2n) is 7.74. The number of alkyl halides is 2. The SMILES string of the molecule is Cc1ccc(S(=O)(=O)N2CCC[C@H]2C(=O)N(C)C2CCC(F)(F)CC2)c(I)c1. The number of carbonyl (C=O) groups is 1. The van der Waals surface area contributed by atoms with Crippen molar-refractivity contribution >= 4 is 38.5 Å². The average molecular weight is 526 g/mol. The van der Waals surface area contributed by atoms with E-state index in [1.54, 1.807) is 25.2 Å². The molecule has 0 radical (unpaired) electrons. The quantitative estimate of drug-likeness (QED) is 0.562. The second kappa shape index (κ2) is 8.14. The summed E-state index contributed by atoms with van der Waals surface area (Å²) in [5.41, 5.74) is 0.964. The molecule has 1 amide bonds. The van der Waals surface area contributed by atoms with Gasteiger partial charge in [-0.25, -0.2) is 17.2 Å². The molecule has 5 nitrogen and oxygen atoms in total. The number of hydrogen-bond acceptors (Lipinski definition) is 3. The van der Waals surface area contributed by atoms with Gasteiger partial charge >= 0.3 is 0 Å². The summed E-state index contributed by atoms with van der Waals surface area (Å²) in [6.07, 6.45) is 1.07. The predicted octanol–water partition coefficient (Wildman–Crippen LogP) is 3.79. The van der Waals surface area contributed by atoms with E-state index < -0.39 is 22.0 Å². The molecule has 1 aliphatic heterocycles. The first-order valence-electron chi connectivity index (χ1n) is 9.45. The highest BCUT2D eigenvalue weighted by Crippen LogP contribution is 2.36. The van der Waals surface area contributed by atoms with Gasteiger partial charge in [0, 0.05) is 36.0 Å². The van der Waals surface area contributed by atoms with Gasteiger partial charge in [-0.05, 0) is 72.9 Å². The van der Waals surface area contributed by atoms with E-state index in [4.69, 9.17) is 0 Å². The lowest BCUT2D eigenvalue weighted by Gasteiger charge is -2.37. The number of aryl methyl sites for hydroxylation is 1. The van der Waals surface area contributed by atoms with E-state index in [2.05, 4.69) is 0 Å². The van der Waals surface area contributed by atoms with Crippen LogP contribution in [0.15, 0.2) is 23.1 Å². The Bertz CT molecular complexity index is 853. The summed E-state index contributed by atoms with van der Waals surface area (Å²) in [4.78, 5) is 14.8. The van der Waals surface area contributed by atoms with Gasteiger partial charge in [0.2, 0.25) is 21.9 Å². The van der Waals surface area contributed by atoms with Crippen molar-refractivity contribution in [1.29, 1.82) is 0 Å². The average Bonchev–Trinajstić information content (AvgIpc) is 3.10. The molecule has 0 N–H and O–H groups in total. The van der Waals surface area contributed by atoms with Gasteiger partial charge < -0.3 is 4.90 Å². The molecule has 1 heterocycles. The first-order chi connectivity index (χ1) is 13.0. The molecule has 2 fully saturated rings. The molecule has 1 aromatic rings. The van der Waals surface area contributed by atoms with Crippen molar-refractivity contribution in [3.63, 3.8) is 0 Å². The van der Waals surface area contributed by atoms with Gasteiger partial charge in [-0.2, -0.15) is 4.31 Å². The third kappa shape index (κ3) is 4.35. The van der Waals surface area contributed by atoms with Crippen molar-refractivity contribution in [2.24, 2.45) is 0 Å². The normalized spacial score (nSPS) is 23.7. The fourth-order valence-electron chi connectivity index (χ4n) is 4.04. The van der Waals surface area contributed by atoms with Crippen LogP contribution in [0.2, 0.25) is 0 Å². The van der Waals surface area contributed by atoms with E-state index in [0.29, 0.717) is 23.0 Å². The minimum Gasteiger partial charge on any atom is -0.341 e. The number of nitrogens with zero attached hydrogens (tertiary/aromatic N) is 2. The van der Waals surface area contributed by atoms with E-state index in [9.17, 15) is 22.0 Å². The Hall–Kier alpha value is -0.810. The molecule has 1 atom stereocenters. The van der Waals surface area contributed by atoms with E-state index >= 15 is 0 Å². The maximum absolute atomic E-state index is 13.4. The highest BCUT2D eigenvalue weighted by Gasteiger charge is 2.43. The summed E-state index contributed by atoms with van der Waals surface area (Å²) in [6.45, 7) is 2.18. The summed E-state index contributed by atoms with van der Waals surface area (Å²) in [5.74, 6) is -2.95. The van der Waals surface area contributed by atoms with Crippen LogP contribution in [-0.4, -0.2) is 55.1 Å². The molecule has 1 saturated heterocycles. The smallest absolute Gasteiger partial charge is 0.248 e. The van der Waals surface area contributed by atoms with Crippen LogP contribution in [0.4, 0.5) is 8.78 Å². The molecule has 3 rings (SSSR count). The first kappa shape index (κ1) is 21.9. The molecular formula is C19H25F2IN2O3S. The number of amides is 1. The third-order valence-electron chi connectivity index (χ3n) is 5.74. The van der Waals surface area contributed by atoms with Gasteiger partial charge in [0.25, 0.3) is 0 Å². The van der Waals surface area contributed by atoms with Crippen LogP contribution >= 0.6 is 22.6 Å². The summed E-state index contributed by atoms with van der Waals surface area (Å²) in [6, 6.07) is 4.09. The molecule has 0 aromatic heterocycles. The summed E-state index contributed by atoms with van der Waals surface area (Å²) < 4.78 is 55.2. The highest BCUT2D eigenvalue weighted by atomic mass is 127. The van der Waals surface area contributed by atoms with Crippen LogP contribution < -0.4 is 0 Å². The zero-order valence-electron chi connectivity index (χ0n) is 16.0. The van der Waals surface area contributed by atoms with Gasteiger partial charge in [-0.1, -0.05) is 6.07 Å². The van der Waals surface area contributed by atoms with Crippen LogP contribution in [0.3, 0.4) is 0 Å². The summed E-state index contributed by atoms with van der Waals surface area (Å²) >= 11 is 2.00. The molecule has 1 aliphatic carbocycles. The molecule has 1 saturated carbocycles. The van der Waals surface area contributed by atoms with Gasteiger partial charge in [-0.3, -0.25) is 4.79 Å². The van der Waals surface area contributed by atoms with Crippen molar-refractivity contribution in [3.8, 4) is 0 Å². The Balaban J connectivity index is 1.79. The standard InChI is InChI=1S/C19H25F2IN2O3S/c1-13-5-6-17(15(22)12-13)28(26,27)24-11-3-4-16(24)18(25)23(2)14-7-9-19(20,21)10-8-14/h5-6,12,14,16H,3-4,7-11H2,1-2H3/t16-/m0/s1. The predicted molar refractivity (Wildman–Crippen MR) is 111 cm³/mol. The zero-order valence-corrected chi connectivity index (χ0v) is 19.0. The van der Waals surface area contributed by atoms with E-state index in [1.807, 2.05) is 29.5 Å². The van der Waals surface area contributed by atoms with Gasteiger partial charge in [0.1, 0.15) is 6.04 Å². The van der Waals surface area contributed by atoms with Crippen molar-refractivity contribution in [1.82, 2.24) is 9.21 Å². The molecule has 2 aliphatic rings. The number of hydrogen-bond donors (Lipinski definition) is 0. The summed E-state index contributed by atoms with van der Waals surface area (Å²) in [5, 5.41) is 0.